The Morgan fingerprint density at radius 3 is 3.00 bits per heavy atom. The zero-order valence-corrected chi connectivity index (χ0v) is 8.73. The Balaban J connectivity index is 3.03. The molecule has 0 atom stereocenters. The molecule has 2 N–H and O–H groups in total. The van der Waals surface area contributed by atoms with Crippen LogP contribution in [0.1, 0.15) is 0 Å². The summed E-state index contributed by atoms with van der Waals surface area (Å²) in [7, 11) is 0. The molecule has 5 heteroatoms. The first kappa shape index (κ1) is 8.12. The minimum Gasteiger partial charge on any atom is -0.346 e. The van der Waals surface area contributed by atoms with E-state index in [0.29, 0.717) is 16.2 Å². The van der Waals surface area contributed by atoms with Crippen LogP contribution in [0.25, 0.3) is 11.0 Å². The summed E-state index contributed by atoms with van der Waals surface area (Å²) < 4.78 is 0.903. The number of rotatable bonds is 0. The maximum absolute atomic E-state index is 11.4. The van der Waals surface area contributed by atoms with Gasteiger partial charge in [0.15, 0.2) is 5.43 Å². The van der Waals surface area contributed by atoms with Crippen molar-refractivity contribution in [1.82, 2.24) is 9.97 Å². The highest BCUT2D eigenvalue weighted by Gasteiger charge is 2.05. The van der Waals surface area contributed by atoms with E-state index < -0.39 is 0 Å². The van der Waals surface area contributed by atoms with Gasteiger partial charge in [-0.2, -0.15) is 0 Å². The summed E-state index contributed by atoms with van der Waals surface area (Å²) in [5, 5.41) is 1.02. The summed E-state index contributed by atoms with van der Waals surface area (Å²) in [6.45, 7) is 0. The minimum atomic E-state index is -0.0561. The lowest BCUT2D eigenvalue weighted by atomic mass is 10.3. The molecule has 0 amide bonds. The Labute approximate surface area is 86.3 Å². The highest BCUT2D eigenvalue weighted by atomic mass is 127. The maximum atomic E-state index is 11.4. The molecule has 0 fully saturated rings. The third-order valence-electron chi connectivity index (χ3n) is 1.58. The minimum absolute atomic E-state index is 0.0561. The van der Waals surface area contributed by atoms with E-state index in [1.165, 1.54) is 6.07 Å². The van der Waals surface area contributed by atoms with Gasteiger partial charge in [-0.3, -0.25) is 4.79 Å². The number of aromatic amines is 2. The van der Waals surface area contributed by atoms with Crippen LogP contribution in [-0.4, -0.2) is 9.97 Å². The zero-order valence-electron chi connectivity index (χ0n) is 5.82. The standard InChI is InChI=1S/C7H4ClIN2O/c8-5-1-4(12)6-3(9)2-10-7(6)11-5/h1-2H,(H2,10,11,12). The van der Waals surface area contributed by atoms with Gasteiger partial charge in [0.25, 0.3) is 0 Å². The molecule has 0 saturated heterocycles. The van der Waals surface area contributed by atoms with E-state index in [0.717, 1.165) is 3.57 Å². The Bertz CT molecular complexity index is 488. The quantitative estimate of drug-likeness (QED) is 0.567. The monoisotopic (exact) mass is 294 g/mol. The molecule has 0 saturated carbocycles. The summed E-state index contributed by atoms with van der Waals surface area (Å²) in [4.78, 5) is 17.1. The lowest BCUT2D eigenvalue weighted by Gasteiger charge is -1.91. The molecule has 0 aliphatic carbocycles. The van der Waals surface area contributed by atoms with Crippen LogP contribution in [0.4, 0.5) is 0 Å². The first-order valence-electron chi connectivity index (χ1n) is 3.24. The second-order valence-corrected chi connectivity index (χ2v) is 3.94. The normalized spacial score (nSPS) is 10.8. The van der Waals surface area contributed by atoms with Gasteiger partial charge >= 0.3 is 0 Å². The number of aromatic nitrogens is 2. The lowest BCUT2D eigenvalue weighted by molar-refractivity contribution is 1.32. The highest BCUT2D eigenvalue weighted by Crippen LogP contribution is 2.15. The van der Waals surface area contributed by atoms with Crippen molar-refractivity contribution in [3.05, 3.63) is 31.2 Å². The molecule has 2 rings (SSSR count). The Morgan fingerprint density at radius 2 is 2.25 bits per heavy atom. The Morgan fingerprint density at radius 1 is 1.50 bits per heavy atom. The van der Waals surface area contributed by atoms with Gasteiger partial charge in [-0.1, -0.05) is 11.6 Å². The molecule has 3 nitrogen and oxygen atoms in total. The summed E-state index contributed by atoms with van der Waals surface area (Å²) in [5.41, 5.74) is 0.622. The van der Waals surface area contributed by atoms with Crippen molar-refractivity contribution in [1.29, 1.82) is 0 Å². The summed E-state index contributed by atoms with van der Waals surface area (Å²) >= 11 is 7.75. The second-order valence-electron chi connectivity index (χ2n) is 2.37. The van der Waals surface area contributed by atoms with Crippen molar-refractivity contribution in [2.45, 2.75) is 0 Å². The number of nitrogens with one attached hydrogen (secondary N) is 2. The number of pyridine rings is 1. The third kappa shape index (κ3) is 1.15. The van der Waals surface area contributed by atoms with Crippen molar-refractivity contribution in [3.8, 4) is 0 Å². The molecular formula is C7H4ClIN2O. The van der Waals surface area contributed by atoms with Crippen LogP contribution in [0.2, 0.25) is 5.15 Å². The molecule has 0 radical (unpaired) electrons. The third-order valence-corrected chi connectivity index (χ3v) is 2.64. The van der Waals surface area contributed by atoms with Crippen LogP contribution in [0.5, 0.6) is 0 Å². The predicted molar refractivity (Wildman–Crippen MR) is 56.6 cm³/mol. The molecule has 0 aromatic carbocycles. The van der Waals surface area contributed by atoms with Crippen LogP contribution in [0.15, 0.2) is 17.1 Å². The largest absolute Gasteiger partial charge is 0.346 e. The molecular weight excluding hydrogens is 290 g/mol. The summed E-state index contributed by atoms with van der Waals surface area (Å²) in [5.74, 6) is 0. The number of hydrogen-bond acceptors (Lipinski definition) is 1. The van der Waals surface area contributed by atoms with Gasteiger partial charge in [0.2, 0.25) is 0 Å². The van der Waals surface area contributed by atoms with E-state index in [4.69, 9.17) is 11.6 Å². The van der Waals surface area contributed by atoms with Crippen molar-refractivity contribution in [3.63, 3.8) is 0 Å². The van der Waals surface area contributed by atoms with E-state index in [1.54, 1.807) is 6.20 Å². The molecule has 62 valence electrons. The highest BCUT2D eigenvalue weighted by molar-refractivity contribution is 14.1. The predicted octanol–water partition coefficient (Wildman–Crippen LogP) is 2.11. The van der Waals surface area contributed by atoms with E-state index in [2.05, 4.69) is 32.6 Å². The SMILES string of the molecule is O=c1cc(Cl)[nH]c2[nH]cc(I)c12. The smallest absolute Gasteiger partial charge is 0.193 e. The first-order chi connectivity index (χ1) is 5.68. The number of H-pyrrole nitrogens is 2. The summed E-state index contributed by atoms with van der Waals surface area (Å²) in [6.07, 6.45) is 1.76. The Kier molecular flexibility index (Phi) is 1.88. The van der Waals surface area contributed by atoms with Crippen molar-refractivity contribution < 1.29 is 0 Å². The fourth-order valence-corrected chi connectivity index (χ4v) is 1.97. The topological polar surface area (TPSA) is 48.6 Å². The molecule has 2 aromatic rings. The van der Waals surface area contributed by atoms with Gasteiger partial charge in [-0.15, -0.1) is 0 Å². The molecule has 2 aromatic heterocycles. The summed E-state index contributed by atoms with van der Waals surface area (Å²) in [6, 6.07) is 1.37. The molecule has 0 aliphatic heterocycles. The second kappa shape index (κ2) is 2.77. The fraction of sp³-hybridized carbons (Fsp3) is 0. The number of halogens is 2. The van der Waals surface area contributed by atoms with Gasteiger partial charge in [0.1, 0.15) is 10.8 Å². The molecule has 12 heavy (non-hydrogen) atoms. The van der Waals surface area contributed by atoms with Crippen molar-refractivity contribution in [2.75, 3.05) is 0 Å². The van der Waals surface area contributed by atoms with Crippen molar-refractivity contribution >= 4 is 45.2 Å². The van der Waals surface area contributed by atoms with Crippen LogP contribution in [-0.2, 0) is 0 Å². The van der Waals surface area contributed by atoms with Gasteiger partial charge in [0.05, 0.1) is 5.39 Å². The molecule has 2 heterocycles. The van der Waals surface area contributed by atoms with Gasteiger partial charge in [0, 0.05) is 15.8 Å². The zero-order chi connectivity index (χ0) is 8.72. The molecule has 0 aliphatic rings. The van der Waals surface area contributed by atoms with Gasteiger partial charge in [-0.25, -0.2) is 0 Å². The van der Waals surface area contributed by atoms with Gasteiger partial charge in [-0.05, 0) is 22.6 Å². The lowest BCUT2D eigenvalue weighted by Crippen LogP contribution is -2.00. The van der Waals surface area contributed by atoms with Crippen LogP contribution >= 0.6 is 34.2 Å². The number of hydrogen-bond donors (Lipinski definition) is 2. The molecule has 0 spiro atoms. The van der Waals surface area contributed by atoms with Crippen LogP contribution in [0.3, 0.4) is 0 Å². The Hall–Kier alpha value is -0.490. The average molecular weight is 294 g/mol. The first-order valence-corrected chi connectivity index (χ1v) is 4.69. The van der Waals surface area contributed by atoms with Crippen molar-refractivity contribution in [2.24, 2.45) is 0 Å². The number of fused-ring (bicyclic) bond motifs is 1. The van der Waals surface area contributed by atoms with E-state index in [1.807, 2.05) is 0 Å². The maximum Gasteiger partial charge on any atom is 0.193 e. The van der Waals surface area contributed by atoms with E-state index >= 15 is 0 Å². The van der Waals surface area contributed by atoms with E-state index in [-0.39, 0.29) is 5.43 Å². The fourth-order valence-electron chi connectivity index (χ4n) is 1.08. The van der Waals surface area contributed by atoms with Crippen LogP contribution < -0.4 is 5.43 Å². The van der Waals surface area contributed by atoms with E-state index in [9.17, 15) is 4.79 Å². The average Bonchev–Trinajstić information content (AvgIpc) is 2.31. The van der Waals surface area contributed by atoms with Crippen LogP contribution in [0, 0.1) is 3.57 Å². The molecule has 0 unspecified atom stereocenters. The van der Waals surface area contributed by atoms with Gasteiger partial charge < -0.3 is 9.97 Å². The molecule has 0 bridgehead atoms.